The van der Waals surface area contributed by atoms with Gasteiger partial charge in [-0.3, -0.25) is 10.1 Å². The minimum atomic E-state index is -0.505. The first-order valence-corrected chi connectivity index (χ1v) is 5.24. The van der Waals surface area contributed by atoms with E-state index in [4.69, 9.17) is 9.47 Å². The van der Waals surface area contributed by atoms with E-state index in [1.54, 1.807) is 6.07 Å². The van der Waals surface area contributed by atoms with Crippen LogP contribution >= 0.6 is 0 Å². The Morgan fingerprint density at radius 2 is 2.18 bits per heavy atom. The van der Waals surface area contributed by atoms with Crippen molar-refractivity contribution in [1.29, 1.82) is 0 Å². The van der Waals surface area contributed by atoms with E-state index in [0.717, 1.165) is 13.1 Å². The zero-order valence-corrected chi connectivity index (χ0v) is 9.46. The Morgan fingerprint density at radius 3 is 2.76 bits per heavy atom. The molecule has 0 saturated carbocycles. The van der Waals surface area contributed by atoms with Crippen molar-refractivity contribution >= 4 is 11.5 Å². The Morgan fingerprint density at radius 1 is 1.47 bits per heavy atom. The molecule has 1 aliphatic rings. The molecule has 7 heteroatoms. The third kappa shape index (κ3) is 2.44. The molecule has 0 aromatic carbocycles. The van der Waals surface area contributed by atoms with Crippen molar-refractivity contribution in [2.45, 2.75) is 0 Å². The van der Waals surface area contributed by atoms with Crippen molar-refractivity contribution in [2.75, 3.05) is 38.3 Å². The molecule has 0 N–H and O–H groups in total. The number of nitro groups is 1. The van der Waals surface area contributed by atoms with Crippen LogP contribution in [0.1, 0.15) is 0 Å². The van der Waals surface area contributed by atoms with Crippen LogP contribution in [-0.2, 0) is 4.74 Å². The van der Waals surface area contributed by atoms with E-state index in [2.05, 4.69) is 4.98 Å². The number of hydrogen-bond donors (Lipinski definition) is 0. The number of methoxy groups -OCH3 is 1. The highest BCUT2D eigenvalue weighted by Crippen LogP contribution is 2.27. The molecule has 0 atom stereocenters. The third-order valence-electron chi connectivity index (χ3n) is 2.55. The SMILES string of the molecule is COc1nc(N2CCOCC2)ccc1[N+](=O)[O-]. The van der Waals surface area contributed by atoms with Crippen LogP contribution in [0.25, 0.3) is 0 Å². The quantitative estimate of drug-likeness (QED) is 0.574. The van der Waals surface area contributed by atoms with Crippen LogP contribution in [0.2, 0.25) is 0 Å². The van der Waals surface area contributed by atoms with Crippen molar-refractivity contribution in [1.82, 2.24) is 4.98 Å². The number of nitrogens with zero attached hydrogens (tertiary/aromatic N) is 3. The Labute approximate surface area is 98.1 Å². The lowest BCUT2D eigenvalue weighted by atomic mass is 10.3. The summed E-state index contributed by atoms with van der Waals surface area (Å²) >= 11 is 0. The highest BCUT2D eigenvalue weighted by atomic mass is 16.6. The highest BCUT2D eigenvalue weighted by Gasteiger charge is 2.20. The monoisotopic (exact) mass is 239 g/mol. The average Bonchev–Trinajstić information content (AvgIpc) is 2.39. The summed E-state index contributed by atoms with van der Waals surface area (Å²) in [6, 6.07) is 3.04. The Balaban J connectivity index is 2.27. The number of ether oxygens (including phenoxy) is 2. The Hall–Kier alpha value is -1.89. The molecular weight excluding hydrogens is 226 g/mol. The molecule has 0 unspecified atom stereocenters. The first kappa shape index (κ1) is 11.6. The molecule has 0 aliphatic carbocycles. The van der Waals surface area contributed by atoms with Crippen LogP contribution in [0, 0.1) is 10.1 Å². The zero-order valence-electron chi connectivity index (χ0n) is 9.46. The van der Waals surface area contributed by atoms with Crippen LogP contribution in [0.5, 0.6) is 5.88 Å². The molecule has 0 amide bonds. The molecule has 7 nitrogen and oxygen atoms in total. The van der Waals surface area contributed by atoms with Crippen molar-refractivity contribution in [2.24, 2.45) is 0 Å². The summed E-state index contributed by atoms with van der Waals surface area (Å²) in [6.07, 6.45) is 0. The molecule has 0 spiro atoms. The van der Waals surface area contributed by atoms with Gasteiger partial charge in [-0.2, -0.15) is 4.98 Å². The first-order chi connectivity index (χ1) is 8.22. The maximum atomic E-state index is 10.7. The van der Waals surface area contributed by atoms with Gasteiger partial charge in [-0.25, -0.2) is 0 Å². The number of anilines is 1. The maximum absolute atomic E-state index is 10.7. The number of hydrogen-bond acceptors (Lipinski definition) is 6. The lowest BCUT2D eigenvalue weighted by Crippen LogP contribution is -2.36. The second kappa shape index (κ2) is 4.96. The van der Waals surface area contributed by atoms with Gasteiger partial charge in [0, 0.05) is 19.2 Å². The summed E-state index contributed by atoms with van der Waals surface area (Å²) < 4.78 is 10.2. The number of aromatic nitrogens is 1. The van der Waals surface area contributed by atoms with Crippen LogP contribution in [0.4, 0.5) is 11.5 Å². The molecule has 0 radical (unpaired) electrons. The van der Waals surface area contributed by atoms with Gasteiger partial charge in [0.2, 0.25) is 0 Å². The average molecular weight is 239 g/mol. The normalized spacial score (nSPS) is 15.7. The van der Waals surface area contributed by atoms with E-state index in [1.807, 2.05) is 4.90 Å². The predicted molar refractivity (Wildman–Crippen MR) is 60.5 cm³/mol. The molecule has 2 heterocycles. The van der Waals surface area contributed by atoms with Gasteiger partial charge in [-0.05, 0) is 6.07 Å². The maximum Gasteiger partial charge on any atom is 0.331 e. The van der Waals surface area contributed by atoms with E-state index in [-0.39, 0.29) is 11.6 Å². The van der Waals surface area contributed by atoms with E-state index in [0.29, 0.717) is 19.0 Å². The molecule has 0 bridgehead atoms. The molecule has 92 valence electrons. The summed E-state index contributed by atoms with van der Waals surface area (Å²) in [6.45, 7) is 2.74. The minimum absolute atomic E-state index is 0.0407. The third-order valence-corrected chi connectivity index (χ3v) is 2.55. The topological polar surface area (TPSA) is 77.7 Å². The fourth-order valence-corrected chi connectivity index (χ4v) is 1.68. The highest BCUT2D eigenvalue weighted by molar-refractivity contribution is 5.50. The van der Waals surface area contributed by atoms with Gasteiger partial charge in [-0.15, -0.1) is 0 Å². The van der Waals surface area contributed by atoms with E-state index in [9.17, 15) is 10.1 Å². The number of pyridine rings is 1. The summed E-state index contributed by atoms with van der Waals surface area (Å²) in [7, 11) is 1.37. The molecule has 1 fully saturated rings. The summed E-state index contributed by atoms with van der Waals surface area (Å²) in [5.41, 5.74) is -0.121. The molecule has 1 aromatic rings. The molecule has 2 rings (SSSR count). The van der Waals surface area contributed by atoms with E-state index < -0.39 is 4.92 Å². The van der Waals surface area contributed by atoms with Gasteiger partial charge in [0.25, 0.3) is 5.88 Å². The lowest BCUT2D eigenvalue weighted by molar-refractivity contribution is -0.386. The fraction of sp³-hybridized carbons (Fsp3) is 0.500. The second-order valence-corrected chi connectivity index (χ2v) is 3.55. The molecule has 1 aromatic heterocycles. The van der Waals surface area contributed by atoms with Crippen LogP contribution < -0.4 is 9.64 Å². The van der Waals surface area contributed by atoms with Crippen molar-refractivity contribution < 1.29 is 14.4 Å². The fourth-order valence-electron chi connectivity index (χ4n) is 1.68. The Bertz CT molecular complexity index is 418. The Kier molecular flexibility index (Phi) is 3.38. The summed E-state index contributed by atoms with van der Waals surface area (Å²) in [5.74, 6) is 0.717. The van der Waals surface area contributed by atoms with Gasteiger partial charge in [0.1, 0.15) is 5.82 Å². The van der Waals surface area contributed by atoms with Crippen LogP contribution in [0.15, 0.2) is 12.1 Å². The molecular formula is C10H13N3O4. The van der Waals surface area contributed by atoms with Crippen molar-refractivity contribution in [3.8, 4) is 5.88 Å². The van der Waals surface area contributed by atoms with Crippen LogP contribution in [0.3, 0.4) is 0 Å². The van der Waals surface area contributed by atoms with Gasteiger partial charge in [-0.1, -0.05) is 0 Å². The lowest BCUT2D eigenvalue weighted by Gasteiger charge is -2.27. The number of rotatable bonds is 3. The second-order valence-electron chi connectivity index (χ2n) is 3.55. The zero-order chi connectivity index (χ0) is 12.3. The standard InChI is InChI=1S/C10H13N3O4/c1-16-10-8(13(14)15)2-3-9(11-10)12-4-6-17-7-5-12/h2-3H,4-7H2,1H3. The van der Waals surface area contributed by atoms with Gasteiger partial charge >= 0.3 is 5.69 Å². The summed E-state index contributed by atoms with van der Waals surface area (Å²) in [5, 5.41) is 10.7. The predicted octanol–water partition coefficient (Wildman–Crippen LogP) is 0.835. The van der Waals surface area contributed by atoms with Gasteiger partial charge in [0.15, 0.2) is 0 Å². The molecule has 1 saturated heterocycles. The van der Waals surface area contributed by atoms with E-state index in [1.165, 1.54) is 13.2 Å². The number of morpholine rings is 1. The summed E-state index contributed by atoms with van der Waals surface area (Å²) in [4.78, 5) is 16.4. The molecule has 1 aliphatic heterocycles. The van der Waals surface area contributed by atoms with Crippen LogP contribution in [-0.4, -0.2) is 43.3 Å². The van der Waals surface area contributed by atoms with Crippen molar-refractivity contribution in [3.05, 3.63) is 22.2 Å². The largest absolute Gasteiger partial charge is 0.476 e. The van der Waals surface area contributed by atoms with E-state index >= 15 is 0 Å². The van der Waals surface area contributed by atoms with Crippen molar-refractivity contribution in [3.63, 3.8) is 0 Å². The first-order valence-electron chi connectivity index (χ1n) is 5.24. The van der Waals surface area contributed by atoms with Gasteiger partial charge < -0.3 is 14.4 Å². The minimum Gasteiger partial charge on any atom is -0.476 e. The smallest absolute Gasteiger partial charge is 0.331 e. The van der Waals surface area contributed by atoms with Gasteiger partial charge in [0.05, 0.1) is 25.2 Å². The molecule has 17 heavy (non-hydrogen) atoms.